The van der Waals surface area contributed by atoms with Crippen molar-refractivity contribution in [2.75, 3.05) is 0 Å². The summed E-state index contributed by atoms with van der Waals surface area (Å²) >= 11 is 0. The van der Waals surface area contributed by atoms with Crippen LogP contribution < -0.4 is 0 Å². The number of aromatic nitrogens is 2. The molecule has 2 heterocycles. The zero-order valence-corrected chi connectivity index (χ0v) is 22.6. The van der Waals surface area contributed by atoms with Gasteiger partial charge in [-0.1, -0.05) is 98.8 Å². The molecule has 2 aromatic heterocycles. The fourth-order valence-corrected chi connectivity index (χ4v) is 6.61. The lowest BCUT2D eigenvalue weighted by Gasteiger charge is -2.23. The first-order chi connectivity index (χ1) is 19.6. The van der Waals surface area contributed by atoms with Crippen LogP contribution in [0.25, 0.3) is 61.0 Å². The predicted octanol–water partition coefficient (Wildman–Crippen LogP) is 9.82. The van der Waals surface area contributed by atoms with Gasteiger partial charge in [-0.05, 0) is 75.8 Å². The summed E-state index contributed by atoms with van der Waals surface area (Å²) in [5.74, 6) is 0. The lowest BCUT2D eigenvalue weighted by molar-refractivity contribution is 0.660. The van der Waals surface area contributed by atoms with Crippen LogP contribution in [0.2, 0.25) is 0 Å². The summed E-state index contributed by atoms with van der Waals surface area (Å²) < 4.78 is 2.42. The molecular weight excluding hydrogens is 484 g/mol. The Labute approximate surface area is 234 Å². The van der Waals surface area contributed by atoms with E-state index in [-0.39, 0.29) is 5.41 Å². The van der Waals surface area contributed by atoms with Gasteiger partial charge in [0.05, 0.1) is 16.7 Å². The smallest absolute Gasteiger partial charge is 0.0701 e. The van der Waals surface area contributed by atoms with Crippen molar-refractivity contribution in [1.29, 1.82) is 0 Å². The number of nitrogens with zero attached hydrogens (tertiary/aromatic N) is 2. The number of para-hydroxylation sites is 2. The van der Waals surface area contributed by atoms with Crippen LogP contribution in [0.1, 0.15) is 25.0 Å². The average Bonchev–Trinajstić information content (AvgIpc) is 3.46. The van der Waals surface area contributed by atoms with E-state index in [0.29, 0.717) is 0 Å². The number of pyridine rings is 1. The fraction of sp³-hybridized carbons (Fsp3) is 0.0789. The Bertz CT molecular complexity index is 2010. The van der Waals surface area contributed by atoms with E-state index in [2.05, 4.69) is 139 Å². The highest BCUT2D eigenvalue weighted by atomic mass is 15.0. The van der Waals surface area contributed by atoms with Crippen molar-refractivity contribution >= 4 is 21.8 Å². The molecule has 5 aromatic carbocycles. The summed E-state index contributed by atoms with van der Waals surface area (Å²) in [6, 6.07) is 46.2. The van der Waals surface area contributed by atoms with Crippen LogP contribution in [0.15, 0.2) is 134 Å². The molecule has 1 aliphatic carbocycles. The first-order valence-corrected chi connectivity index (χ1v) is 13.9. The molecule has 0 amide bonds. The third-order valence-electron chi connectivity index (χ3n) is 8.68. The lowest BCUT2D eigenvalue weighted by Crippen LogP contribution is -2.15. The first kappa shape index (κ1) is 23.0. The first-order valence-electron chi connectivity index (χ1n) is 13.9. The summed E-state index contributed by atoms with van der Waals surface area (Å²) in [4.78, 5) is 4.50. The van der Waals surface area contributed by atoms with E-state index in [9.17, 15) is 0 Å². The molecular formula is C38H28N2. The molecule has 190 valence electrons. The number of rotatable bonds is 3. The van der Waals surface area contributed by atoms with E-state index in [1.54, 1.807) is 0 Å². The molecule has 0 fully saturated rings. The Morgan fingerprint density at radius 2 is 1.10 bits per heavy atom. The van der Waals surface area contributed by atoms with Crippen LogP contribution in [0, 0.1) is 0 Å². The molecule has 0 aliphatic heterocycles. The fourth-order valence-electron chi connectivity index (χ4n) is 6.61. The Balaban J connectivity index is 1.22. The number of fused-ring (bicyclic) bond motifs is 6. The Morgan fingerprint density at radius 3 is 1.77 bits per heavy atom. The van der Waals surface area contributed by atoms with Gasteiger partial charge in [0.1, 0.15) is 0 Å². The SMILES string of the molecule is CC1(C)c2cc(-c3ccc(-c4ccccn4)cc3)ccc2-c2ccc(-n3c4ccccc4c4ccccc43)cc21. The maximum absolute atomic E-state index is 4.50. The molecule has 2 heteroatoms. The minimum Gasteiger partial charge on any atom is -0.309 e. The Hall–Kier alpha value is -4.95. The standard InChI is InChI=1S/C38H28N2/c1-38(2)33-23-27(25-14-16-26(17-15-25)35-11-7-8-22-39-35)18-20-29(33)30-21-19-28(24-34(30)38)40-36-12-5-3-9-31(36)32-10-4-6-13-37(32)40/h3-24H,1-2H3. The molecule has 0 radical (unpaired) electrons. The monoisotopic (exact) mass is 512 g/mol. The van der Waals surface area contributed by atoms with Crippen molar-refractivity contribution < 1.29 is 0 Å². The molecule has 1 aliphatic rings. The predicted molar refractivity (Wildman–Crippen MR) is 167 cm³/mol. The van der Waals surface area contributed by atoms with Crippen LogP contribution in [0.4, 0.5) is 0 Å². The van der Waals surface area contributed by atoms with Gasteiger partial charge in [0, 0.05) is 33.6 Å². The highest BCUT2D eigenvalue weighted by Crippen LogP contribution is 2.50. The zero-order valence-electron chi connectivity index (χ0n) is 22.6. The highest BCUT2D eigenvalue weighted by Gasteiger charge is 2.36. The third kappa shape index (κ3) is 3.32. The van der Waals surface area contributed by atoms with Crippen molar-refractivity contribution in [1.82, 2.24) is 9.55 Å². The van der Waals surface area contributed by atoms with Crippen molar-refractivity contribution in [3.05, 3.63) is 145 Å². The van der Waals surface area contributed by atoms with Gasteiger partial charge in [0.2, 0.25) is 0 Å². The van der Waals surface area contributed by atoms with Crippen LogP contribution >= 0.6 is 0 Å². The molecule has 0 spiro atoms. The van der Waals surface area contributed by atoms with Gasteiger partial charge in [-0.15, -0.1) is 0 Å². The molecule has 0 unspecified atom stereocenters. The minimum atomic E-state index is -0.108. The molecule has 40 heavy (non-hydrogen) atoms. The van der Waals surface area contributed by atoms with Crippen LogP contribution in [0.3, 0.4) is 0 Å². The molecule has 7 aromatic rings. The molecule has 0 bridgehead atoms. The van der Waals surface area contributed by atoms with Crippen molar-refractivity contribution in [2.24, 2.45) is 0 Å². The van der Waals surface area contributed by atoms with Crippen LogP contribution in [0.5, 0.6) is 0 Å². The van der Waals surface area contributed by atoms with Crippen LogP contribution in [-0.4, -0.2) is 9.55 Å². The van der Waals surface area contributed by atoms with Gasteiger partial charge < -0.3 is 4.57 Å². The number of hydrogen-bond donors (Lipinski definition) is 0. The zero-order chi connectivity index (χ0) is 26.8. The largest absolute Gasteiger partial charge is 0.309 e. The van der Waals surface area contributed by atoms with Gasteiger partial charge in [-0.2, -0.15) is 0 Å². The Morgan fingerprint density at radius 1 is 0.525 bits per heavy atom. The maximum atomic E-state index is 4.50. The second-order valence-electron chi connectivity index (χ2n) is 11.3. The topological polar surface area (TPSA) is 17.8 Å². The molecule has 0 atom stereocenters. The van der Waals surface area contributed by atoms with Crippen molar-refractivity contribution in [2.45, 2.75) is 19.3 Å². The molecule has 0 saturated carbocycles. The van der Waals surface area contributed by atoms with Gasteiger partial charge >= 0.3 is 0 Å². The van der Waals surface area contributed by atoms with Gasteiger partial charge in [-0.3, -0.25) is 4.98 Å². The summed E-state index contributed by atoms with van der Waals surface area (Å²) in [5.41, 5.74) is 13.6. The van der Waals surface area contributed by atoms with Gasteiger partial charge in [0.25, 0.3) is 0 Å². The normalized spacial score (nSPS) is 13.4. The summed E-state index contributed by atoms with van der Waals surface area (Å²) in [7, 11) is 0. The molecule has 0 N–H and O–H groups in total. The maximum Gasteiger partial charge on any atom is 0.0701 e. The number of hydrogen-bond acceptors (Lipinski definition) is 1. The van der Waals surface area contributed by atoms with E-state index in [1.807, 2.05) is 18.3 Å². The molecule has 8 rings (SSSR count). The van der Waals surface area contributed by atoms with E-state index in [0.717, 1.165) is 11.3 Å². The van der Waals surface area contributed by atoms with Gasteiger partial charge in [-0.25, -0.2) is 0 Å². The van der Waals surface area contributed by atoms with Crippen molar-refractivity contribution in [3.63, 3.8) is 0 Å². The van der Waals surface area contributed by atoms with Crippen LogP contribution in [-0.2, 0) is 5.41 Å². The quantitative estimate of drug-likeness (QED) is 0.230. The summed E-state index contributed by atoms with van der Waals surface area (Å²) in [5, 5.41) is 2.58. The van der Waals surface area contributed by atoms with Crippen molar-refractivity contribution in [3.8, 4) is 39.2 Å². The number of benzene rings is 5. The van der Waals surface area contributed by atoms with E-state index in [4.69, 9.17) is 0 Å². The molecule has 2 nitrogen and oxygen atoms in total. The van der Waals surface area contributed by atoms with E-state index >= 15 is 0 Å². The third-order valence-corrected chi connectivity index (χ3v) is 8.68. The van der Waals surface area contributed by atoms with Gasteiger partial charge in [0.15, 0.2) is 0 Å². The Kier molecular flexibility index (Phi) is 4.90. The highest BCUT2D eigenvalue weighted by molar-refractivity contribution is 6.09. The minimum absolute atomic E-state index is 0.108. The second-order valence-corrected chi connectivity index (χ2v) is 11.3. The van der Waals surface area contributed by atoms with E-state index < -0.39 is 0 Å². The second kappa shape index (κ2) is 8.53. The summed E-state index contributed by atoms with van der Waals surface area (Å²) in [6.45, 7) is 4.72. The lowest BCUT2D eigenvalue weighted by atomic mass is 9.81. The summed E-state index contributed by atoms with van der Waals surface area (Å²) in [6.07, 6.45) is 1.84. The van der Waals surface area contributed by atoms with E-state index in [1.165, 1.54) is 60.9 Å². The molecule has 0 saturated heterocycles. The average molecular weight is 513 g/mol.